The average molecular weight is 505 g/mol. The molecule has 0 saturated heterocycles. The summed E-state index contributed by atoms with van der Waals surface area (Å²) in [6, 6.07) is 6.46. The molecule has 2 heterocycles. The number of nitrogens with one attached hydrogen (secondary N) is 1. The molecule has 1 fully saturated rings. The third-order valence-electron chi connectivity index (χ3n) is 6.13. The van der Waals surface area contributed by atoms with Crippen LogP contribution in [-0.2, 0) is 5.60 Å². The van der Waals surface area contributed by atoms with Crippen molar-refractivity contribution in [2.24, 2.45) is 0 Å². The zero-order chi connectivity index (χ0) is 26.0. The topological polar surface area (TPSA) is 109 Å². The van der Waals surface area contributed by atoms with Gasteiger partial charge in [-0.05, 0) is 56.6 Å². The molecule has 194 valence electrons. The summed E-state index contributed by atoms with van der Waals surface area (Å²) in [6.07, 6.45) is 4.97. The quantitative estimate of drug-likeness (QED) is 0.368. The summed E-state index contributed by atoms with van der Waals surface area (Å²) >= 11 is 0. The third kappa shape index (κ3) is 5.58. The van der Waals surface area contributed by atoms with Crippen molar-refractivity contribution < 1.29 is 33.3 Å². The van der Waals surface area contributed by atoms with Gasteiger partial charge in [-0.2, -0.15) is 8.78 Å². The summed E-state index contributed by atoms with van der Waals surface area (Å²) in [6.45, 7) is -0.746. The van der Waals surface area contributed by atoms with Crippen LogP contribution in [0.5, 0.6) is 11.5 Å². The number of imidazole rings is 1. The van der Waals surface area contributed by atoms with Crippen LogP contribution in [0.4, 0.5) is 8.78 Å². The van der Waals surface area contributed by atoms with Crippen LogP contribution in [0.15, 0.2) is 36.7 Å². The van der Waals surface area contributed by atoms with Crippen molar-refractivity contribution in [3.63, 3.8) is 0 Å². The highest BCUT2D eigenvalue weighted by Crippen LogP contribution is 2.37. The van der Waals surface area contributed by atoms with Crippen molar-refractivity contribution in [3.05, 3.63) is 47.8 Å². The van der Waals surface area contributed by atoms with Crippen LogP contribution < -0.4 is 14.8 Å². The summed E-state index contributed by atoms with van der Waals surface area (Å²) in [5.74, 6) is -0.727. The molecule has 1 aliphatic carbocycles. The molecule has 3 aromatic rings. The zero-order valence-electron chi connectivity index (χ0n) is 20.4. The van der Waals surface area contributed by atoms with Gasteiger partial charge in [-0.15, -0.1) is 0 Å². The number of aliphatic hydroxyl groups is 2. The fourth-order valence-corrected chi connectivity index (χ4v) is 4.19. The Morgan fingerprint density at radius 1 is 1.33 bits per heavy atom. The van der Waals surface area contributed by atoms with Gasteiger partial charge < -0.3 is 29.9 Å². The lowest BCUT2D eigenvalue weighted by Gasteiger charge is -2.29. The van der Waals surface area contributed by atoms with E-state index in [4.69, 9.17) is 14.6 Å². The predicted molar refractivity (Wildman–Crippen MR) is 128 cm³/mol. The smallest absolute Gasteiger partial charge is 0.387 e. The van der Waals surface area contributed by atoms with Crippen LogP contribution in [0.3, 0.4) is 0 Å². The molecule has 0 radical (unpaired) electrons. The highest BCUT2D eigenvalue weighted by Gasteiger charge is 2.29. The highest BCUT2D eigenvalue weighted by atomic mass is 19.3. The fourth-order valence-electron chi connectivity index (χ4n) is 4.19. The average Bonchev–Trinajstić information content (AvgIpc) is 3.52. The minimum Gasteiger partial charge on any atom is -0.496 e. The predicted octanol–water partition coefficient (Wildman–Crippen LogP) is 2.64. The number of carbonyl (C=O) groups excluding carboxylic acids is 1. The van der Waals surface area contributed by atoms with Crippen LogP contribution in [0.2, 0.25) is 0 Å². The van der Waals surface area contributed by atoms with E-state index in [9.17, 15) is 18.7 Å². The number of hydrogen-bond acceptors (Lipinski definition) is 7. The number of ether oxygens (including phenoxy) is 2. The number of pyridine rings is 1. The number of likely N-dealkylation sites (N-methyl/N-ethyl adjacent to an activating group) is 1. The first-order chi connectivity index (χ1) is 17.1. The van der Waals surface area contributed by atoms with Gasteiger partial charge in [0.2, 0.25) is 0 Å². The lowest BCUT2D eigenvalue weighted by Crippen LogP contribution is -2.38. The van der Waals surface area contributed by atoms with E-state index < -0.39 is 18.1 Å². The SMILES string of the molecule is COc1cc(-c2cnc3cc(C(C)(O)CN(C)CCO)ccn23)cc(OC(F)F)c1C(=O)NC1CC1. The van der Waals surface area contributed by atoms with E-state index >= 15 is 0 Å². The highest BCUT2D eigenvalue weighted by molar-refractivity contribution is 6.01. The van der Waals surface area contributed by atoms with Crippen LogP contribution in [0.25, 0.3) is 16.9 Å². The number of hydrogen-bond donors (Lipinski definition) is 3. The van der Waals surface area contributed by atoms with Gasteiger partial charge in [0.25, 0.3) is 5.91 Å². The molecule has 2 aromatic heterocycles. The Morgan fingerprint density at radius 3 is 2.69 bits per heavy atom. The molecular formula is C25H30F2N4O5. The molecule has 1 aliphatic rings. The largest absolute Gasteiger partial charge is 0.496 e. The molecule has 4 rings (SSSR count). The van der Waals surface area contributed by atoms with E-state index in [0.29, 0.717) is 35.6 Å². The van der Waals surface area contributed by atoms with E-state index in [1.54, 1.807) is 49.0 Å². The standard InChI is InChI=1S/C25H30F2N4O5/c1-25(34,14-30(2)8-9-32)16-6-7-31-18(13-28-21(31)12-16)15-10-19(35-3)22(20(11-15)36-24(26)27)23(33)29-17-4-5-17/h6-7,10-13,17,24,32,34H,4-5,8-9,14H2,1-3H3,(H,29,33). The molecule has 1 atom stereocenters. The Balaban J connectivity index is 1.72. The van der Waals surface area contributed by atoms with Crippen LogP contribution in [0, 0.1) is 0 Å². The Hall–Kier alpha value is -3.28. The maximum atomic E-state index is 13.2. The van der Waals surface area contributed by atoms with Crippen LogP contribution >= 0.6 is 0 Å². The van der Waals surface area contributed by atoms with Crippen molar-refractivity contribution in [2.45, 2.75) is 38.0 Å². The van der Waals surface area contributed by atoms with Crippen molar-refractivity contribution in [1.29, 1.82) is 0 Å². The number of carbonyl (C=O) groups is 1. The van der Waals surface area contributed by atoms with Gasteiger partial charge in [0, 0.05) is 30.9 Å². The van der Waals surface area contributed by atoms with E-state index in [1.807, 2.05) is 4.90 Å². The lowest BCUT2D eigenvalue weighted by molar-refractivity contribution is -0.0502. The first kappa shape index (κ1) is 25.8. The zero-order valence-corrected chi connectivity index (χ0v) is 20.4. The van der Waals surface area contributed by atoms with Gasteiger partial charge in [-0.1, -0.05) is 0 Å². The van der Waals surface area contributed by atoms with E-state index in [-0.39, 0.29) is 29.7 Å². The van der Waals surface area contributed by atoms with Gasteiger partial charge in [0.15, 0.2) is 0 Å². The number of aromatic nitrogens is 2. The monoisotopic (exact) mass is 504 g/mol. The molecule has 0 bridgehead atoms. The molecule has 1 amide bonds. The van der Waals surface area contributed by atoms with Gasteiger partial charge in [0.05, 0.1) is 31.2 Å². The number of fused-ring (bicyclic) bond motifs is 1. The van der Waals surface area contributed by atoms with Crippen molar-refractivity contribution in [2.75, 3.05) is 33.9 Å². The van der Waals surface area contributed by atoms with Crippen molar-refractivity contribution in [3.8, 4) is 22.8 Å². The summed E-state index contributed by atoms with van der Waals surface area (Å²) < 4.78 is 38.3. The minimum absolute atomic E-state index is 0.0169. The number of benzene rings is 1. The van der Waals surface area contributed by atoms with Gasteiger partial charge in [-0.25, -0.2) is 4.98 Å². The van der Waals surface area contributed by atoms with Crippen molar-refractivity contribution >= 4 is 11.6 Å². The molecule has 0 aliphatic heterocycles. The number of alkyl halides is 2. The molecule has 36 heavy (non-hydrogen) atoms. The molecule has 1 saturated carbocycles. The Kier molecular flexibility index (Phi) is 7.43. The Labute approximate surface area is 207 Å². The second kappa shape index (κ2) is 10.4. The van der Waals surface area contributed by atoms with E-state index in [2.05, 4.69) is 10.3 Å². The van der Waals surface area contributed by atoms with Crippen molar-refractivity contribution in [1.82, 2.24) is 19.6 Å². The molecule has 0 spiro atoms. The number of rotatable bonds is 11. The van der Waals surface area contributed by atoms with Gasteiger partial charge >= 0.3 is 6.61 Å². The fraction of sp³-hybridized carbons (Fsp3) is 0.440. The third-order valence-corrected chi connectivity index (χ3v) is 6.13. The maximum absolute atomic E-state index is 13.2. The molecule has 1 aromatic carbocycles. The molecule has 9 nitrogen and oxygen atoms in total. The van der Waals surface area contributed by atoms with Crippen LogP contribution in [0.1, 0.15) is 35.7 Å². The lowest BCUT2D eigenvalue weighted by atomic mass is 9.96. The van der Waals surface area contributed by atoms with E-state index in [0.717, 1.165) is 12.8 Å². The minimum atomic E-state index is -3.13. The molecule has 1 unspecified atom stereocenters. The second-order valence-electron chi connectivity index (χ2n) is 9.20. The first-order valence-corrected chi connectivity index (χ1v) is 11.6. The second-order valence-corrected chi connectivity index (χ2v) is 9.20. The van der Waals surface area contributed by atoms with Gasteiger partial charge in [-0.3, -0.25) is 9.20 Å². The summed E-state index contributed by atoms with van der Waals surface area (Å²) in [5, 5.41) is 22.9. The summed E-state index contributed by atoms with van der Waals surface area (Å²) in [7, 11) is 3.16. The Morgan fingerprint density at radius 2 is 2.06 bits per heavy atom. The Bertz CT molecular complexity index is 1240. The first-order valence-electron chi connectivity index (χ1n) is 11.6. The number of halogens is 2. The molecule has 3 N–H and O–H groups in total. The number of methoxy groups -OCH3 is 1. The molecule has 11 heteroatoms. The number of aliphatic hydroxyl groups excluding tert-OH is 1. The molecular weight excluding hydrogens is 474 g/mol. The van der Waals surface area contributed by atoms with Crippen LogP contribution in [-0.4, -0.2) is 76.9 Å². The summed E-state index contributed by atoms with van der Waals surface area (Å²) in [5.41, 5.74) is 0.880. The normalized spacial score (nSPS) is 15.4. The van der Waals surface area contributed by atoms with Gasteiger partial charge in [0.1, 0.15) is 22.7 Å². The maximum Gasteiger partial charge on any atom is 0.387 e. The van der Waals surface area contributed by atoms with E-state index in [1.165, 1.54) is 13.2 Å². The number of amides is 1. The summed E-state index contributed by atoms with van der Waals surface area (Å²) in [4.78, 5) is 19.0. The number of nitrogens with zero attached hydrogens (tertiary/aromatic N) is 3.